The molecule has 0 aliphatic rings. The van der Waals surface area contributed by atoms with Crippen LogP contribution in [0.1, 0.15) is 5.56 Å². The van der Waals surface area contributed by atoms with Crippen LogP contribution in [0.25, 0.3) is 0 Å². The van der Waals surface area contributed by atoms with E-state index in [9.17, 15) is 8.42 Å². The van der Waals surface area contributed by atoms with Crippen molar-refractivity contribution in [1.82, 2.24) is 0 Å². The molecule has 0 atom stereocenters. The fourth-order valence-electron chi connectivity index (χ4n) is 1.77. The zero-order valence-electron chi connectivity index (χ0n) is 11.4. The van der Waals surface area contributed by atoms with Crippen LogP contribution in [-0.4, -0.2) is 20.6 Å². The molecule has 2 rings (SSSR count). The maximum atomic E-state index is 12.3. The minimum Gasteiger partial charge on any atom is -0.495 e. The van der Waals surface area contributed by atoms with Crippen LogP contribution < -0.4 is 15.2 Å². The summed E-state index contributed by atoms with van der Waals surface area (Å²) in [6.45, 7) is -0.0952. The Hall–Kier alpha value is -2.25. The lowest BCUT2D eigenvalue weighted by Crippen LogP contribution is -2.13. The number of ether oxygens (including phenoxy) is 1. The molecule has 2 aromatic carbocycles. The molecule has 0 spiro atoms. The fraction of sp³-hybridized carbons (Fsp3) is 0.143. The van der Waals surface area contributed by atoms with Crippen LogP contribution in [0, 0.1) is 0 Å². The van der Waals surface area contributed by atoms with E-state index in [-0.39, 0.29) is 17.2 Å². The monoisotopic (exact) mass is 308 g/mol. The summed E-state index contributed by atoms with van der Waals surface area (Å²) < 4.78 is 31.9. The van der Waals surface area contributed by atoms with Gasteiger partial charge in [0.05, 0.1) is 24.3 Å². The lowest BCUT2D eigenvalue weighted by molar-refractivity contribution is 0.282. The number of aliphatic hydroxyl groups excluding tert-OH is 1. The Bertz CT molecular complexity index is 727. The van der Waals surface area contributed by atoms with Crippen molar-refractivity contribution in [3.05, 3.63) is 48.0 Å². The second-order valence-corrected chi connectivity index (χ2v) is 6.05. The van der Waals surface area contributed by atoms with Crippen molar-refractivity contribution >= 4 is 21.4 Å². The van der Waals surface area contributed by atoms with Crippen LogP contribution in [0.2, 0.25) is 0 Å². The highest BCUT2D eigenvalue weighted by Crippen LogP contribution is 2.25. The van der Waals surface area contributed by atoms with Gasteiger partial charge in [0.25, 0.3) is 10.0 Å². The van der Waals surface area contributed by atoms with E-state index >= 15 is 0 Å². The molecule has 0 radical (unpaired) electrons. The van der Waals surface area contributed by atoms with Gasteiger partial charge in [-0.2, -0.15) is 0 Å². The highest BCUT2D eigenvalue weighted by atomic mass is 32.2. The largest absolute Gasteiger partial charge is 0.495 e. The molecule has 0 saturated carbocycles. The molecule has 0 aromatic heterocycles. The first kappa shape index (κ1) is 15.1. The minimum absolute atomic E-state index is 0.0482. The van der Waals surface area contributed by atoms with Gasteiger partial charge in [-0.15, -0.1) is 0 Å². The molecule has 0 aliphatic carbocycles. The average Bonchev–Trinajstić information content (AvgIpc) is 2.47. The van der Waals surface area contributed by atoms with Crippen molar-refractivity contribution in [2.45, 2.75) is 11.5 Å². The molecule has 4 N–H and O–H groups in total. The molecule has 0 heterocycles. The van der Waals surface area contributed by atoms with Crippen LogP contribution in [0.3, 0.4) is 0 Å². The van der Waals surface area contributed by atoms with Gasteiger partial charge in [0.15, 0.2) is 0 Å². The molecule has 0 saturated heterocycles. The minimum atomic E-state index is -3.73. The summed E-state index contributed by atoms with van der Waals surface area (Å²) in [7, 11) is -2.27. The lowest BCUT2D eigenvalue weighted by atomic mass is 10.2. The Kier molecular flexibility index (Phi) is 4.35. The predicted molar refractivity (Wildman–Crippen MR) is 80.6 cm³/mol. The number of rotatable bonds is 5. The maximum absolute atomic E-state index is 12.3. The van der Waals surface area contributed by atoms with Crippen LogP contribution in [0.5, 0.6) is 5.75 Å². The third-order valence-corrected chi connectivity index (χ3v) is 4.28. The third-order valence-electron chi connectivity index (χ3n) is 2.90. The smallest absolute Gasteiger partial charge is 0.261 e. The highest BCUT2D eigenvalue weighted by molar-refractivity contribution is 7.92. The number of hydrogen-bond donors (Lipinski definition) is 3. The Balaban J connectivity index is 2.26. The van der Waals surface area contributed by atoms with Crippen molar-refractivity contribution in [3.63, 3.8) is 0 Å². The summed E-state index contributed by atoms with van der Waals surface area (Å²) in [6, 6.07) is 10.7. The molecule has 112 valence electrons. The van der Waals surface area contributed by atoms with Crippen LogP contribution in [0.15, 0.2) is 47.4 Å². The van der Waals surface area contributed by atoms with E-state index in [4.69, 9.17) is 15.6 Å². The SMILES string of the molecule is COc1ccc(S(=O)(=O)Nc2ccc(CO)cc2)cc1N. The second kappa shape index (κ2) is 6.02. The number of hydrogen-bond acceptors (Lipinski definition) is 5. The quantitative estimate of drug-likeness (QED) is 0.728. The van der Waals surface area contributed by atoms with E-state index in [2.05, 4.69) is 4.72 Å². The number of aliphatic hydroxyl groups is 1. The fourth-order valence-corrected chi connectivity index (χ4v) is 2.87. The highest BCUT2D eigenvalue weighted by Gasteiger charge is 2.15. The predicted octanol–water partition coefficient (Wildman–Crippen LogP) is 1.57. The molecule has 2 aromatic rings. The number of nitrogens with two attached hydrogens (primary N) is 1. The first-order valence-electron chi connectivity index (χ1n) is 6.12. The second-order valence-electron chi connectivity index (χ2n) is 4.36. The molecular formula is C14H16N2O4S. The van der Waals surface area contributed by atoms with Gasteiger partial charge in [-0.1, -0.05) is 12.1 Å². The van der Waals surface area contributed by atoms with Crippen molar-refractivity contribution in [2.75, 3.05) is 17.6 Å². The molecule has 7 heteroatoms. The van der Waals surface area contributed by atoms with Gasteiger partial charge in [-0.25, -0.2) is 8.42 Å². The van der Waals surface area contributed by atoms with E-state index in [1.54, 1.807) is 24.3 Å². The van der Waals surface area contributed by atoms with E-state index in [1.807, 2.05) is 0 Å². The average molecular weight is 308 g/mol. The van der Waals surface area contributed by atoms with Crippen LogP contribution in [0.4, 0.5) is 11.4 Å². The van der Waals surface area contributed by atoms with Gasteiger partial charge < -0.3 is 15.6 Å². The first-order chi connectivity index (χ1) is 9.96. The van der Waals surface area contributed by atoms with E-state index in [0.717, 1.165) is 0 Å². The van der Waals surface area contributed by atoms with Gasteiger partial charge in [0.1, 0.15) is 5.75 Å². The summed E-state index contributed by atoms with van der Waals surface area (Å²) in [5.41, 5.74) is 7.07. The topological polar surface area (TPSA) is 102 Å². The first-order valence-corrected chi connectivity index (χ1v) is 7.60. The zero-order valence-corrected chi connectivity index (χ0v) is 12.2. The molecule has 0 fully saturated rings. The molecule has 0 bridgehead atoms. The normalized spacial score (nSPS) is 11.1. The van der Waals surface area contributed by atoms with Gasteiger partial charge in [-0.3, -0.25) is 4.72 Å². The lowest BCUT2D eigenvalue weighted by Gasteiger charge is -2.10. The van der Waals surface area contributed by atoms with E-state index in [0.29, 0.717) is 17.0 Å². The van der Waals surface area contributed by atoms with Crippen molar-refractivity contribution < 1.29 is 18.3 Å². The van der Waals surface area contributed by atoms with Crippen LogP contribution >= 0.6 is 0 Å². The Morgan fingerprint density at radius 1 is 1.19 bits per heavy atom. The van der Waals surface area contributed by atoms with Gasteiger partial charge in [-0.05, 0) is 35.9 Å². The van der Waals surface area contributed by atoms with Gasteiger partial charge in [0, 0.05) is 5.69 Å². The molecule has 21 heavy (non-hydrogen) atoms. The summed E-state index contributed by atoms with van der Waals surface area (Å²) in [4.78, 5) is 0.0482. The molecule has 0 aliphatic heterocycles. The van der Waals surface area contributed by atoms with Crippen molar-refractivity contribution in [3.8, 4) is 5.75 Å². The molecule has 6 nitrogen and oxygen atoms in total. The number of methoxy groups -OCH3 is 1. The number of nitrogen functional groups attached to an aromatic ring is 1. The van der Waals surface area contributed by atoms with Crippen LogP contribution in [-0.2, 0) is 16.6 Å². The van der Waals surface area contributed by atoms with E-state index in [1.165, 1.54) is 25.3 Å². The van der Waals surface area contributed by atoms with Gasteiger partial charge in [0.2, 0.25) is 0 Å². The number of benzene rings is 2. The number of anilines is 2. The summed E-state index contributed by atoms with van der Waals surface area (Å²) in [5.74, 6) is 0.418. The number of sulfonamides is 1. The van der Waals surface area contributed by atoms with Gasteiger partial charge >= 0.3 is 0 Å². The molecule has 0 amide bonds. The summed E-state index contributed by atoms with van der Waals surface area (Å²) in [6.07, 6.45) is 0. The summed E-state index contributed by atoms with van der Waals surface area (Å²) in [5, 5.41) is 8.95. The van der Waals surface area contributed by atoms with E-state index < -0.39 is 10.0 Å². The van der Waals surface area contributed by atoms with Crippen molar-refractivity contribution in [2.24, 2.45) is 0 Å². The molecular weight excluding hydrogens is 292 g/mol. The standard InChI is InChI=1S/C14H16N2O4S/c1-20-14-7-6-12(8-13(14)15)21(18,19)16-11-4-2-10(9-17)3-5-11/h2-8,16-17H,9,15H2,1H3. The summed E-state index contributed by atoms with van der Waals surface area (Å²) >= 11 is 0. The Morgan fingerprint density at radius 3 is 2.38 bits per heavy atom. The third kappa shape index (κ3) is 3.45. The Labute approximate surface area is 123 Å². The maximum Gasteiger partial charge on any atom is 0.261 e. The zero-order chi connectivity index (χ0) is 15.5. The van der Waals surface area contributed by atoms with Crippen molar-refractivity contribution in [1.29, 1.82) is 0 Å². The Morgan fingerprint density at radius 2 is 1.86 bits per heavy atom. The number of nitrogens with one attached hydrogen (secondary N) is 1. The molecule has 0 unspecified atom stereocenters.